The fourth-order valence-corrected chi connectivity index (χ4v) is 3.60. The lowest BCUT2D eigenvalue weighted by Crippen LogP contribution is -2.45. The minimum Gasteiger partial charge on any atom is -0.497 e. The summed E-state index contributed by atoms with van der Waals surface area (Å²) in [5.41, 5.74) is 1.20. The summed E-state index contributed by atoms with van der Waals surface area (Å²) in [6.45, 7) is 6.85. The molecule has 2 aliphatic rings. The van der Waals surface area contributed by atoms with Crippen molar-refractivity contribution in [2.45, 2.75) is 26.2 Å². The average molecular weight is 331 g/mol. The maximum atomic E-state index is 12.3. The Bertz CT molecular complexity index is 555. The van der Waals surface area contributed by atoms with Crippen LogP contribution in [0.3, 0.4) is 0 Å². The molecule has 2 fully saturated rings. The van der Waals surface area contributed by atoms with E-state index in [2.05, 4.69) is 29.3 Å². The molecule has 1 aromatic rings. The quantitative estimate of drug-likeness (QED) is 0.922. The van der Waals surface area contributed by atoms with Crippen LogP contribution in [0.4, 0.5) is 10.5 Å². The van der Waals surface area contributed by atoms with Gasteiger partial charge in [-0.3, -0.25) is 0 Å². The lowest BCUT2D eigenvalue weighted by Gasteiger charge is -2.30. The predicted octanol–water partition coefficient (Wildman–Crippen LogP) is 2.96. The Morgan fingerprint density at radius 1 is 1.25 bits per heavy atom. The summed E-state index contributed by atoms with van der Waals surface area (Å²) in [6, 6.07) is 8.31. The molecule has 0 aromatic heterocycles. The molecule has 2 aliphatic heterocycles. The second-order valence-corrected chi connectivity index (χ2v) is 7.16. The lowest BCUT2D eigenvalue weighted by atomic mass is 10.00. The van der Waals surface area contributed by atoms with Crippen LogP contribution in [0.25, 0.3) is 0 Å². The highest BCUT2D eigenvalue weighted by atomic mass is 16.5. The van der Waals surface area contributed by atoms with Crippen LogP contribution >= 0.6 is 0 Å². The van der Waals surface area contributed by atoms with Crippen molar-refractivity contribution in [3.8, 4) is 5.75 Å². The second kappa shape index (κ2) is 7.77. The number of ether oxygens (including phenoxy) is 1. The lowest BCUT2D eigenvalue weighted by molar-refractivity contribution is 0.173. The number of likely N-dealkylation sites (tertiary alicyclic amines) is 1. The normalized spacial score (nSPS) is 21.8. The maximum Gasteiger partial charge on any atom is 0.317 e. The first kappa shape index (κ1) is 16.9. The van der Waals surface area contributed by atoms with Crippen molar-refractivity contribution in [1.82, 2.24) is 10.2 Å². The molecule has 2 saturated heterocycles. The van der Waals surface area contributed by atoms with E-state index in [1.165, 1.54) is 5.69 Å². The van der Waals surface area contributed by atoms with Crippen molar-refractivity contribution in [2.24, 2.45) is 11.8 Å². The van der Waals surface area contributed by atoms with Crippen molar-refractivity contribution in [2.75, 3.05) is 44.7 Å². The van der Waals surface area contributed by atoms with E-state index in [1.807, 2.05) is 17.0 Å². The molecule has 0 aliphatic carbocycles. The Balaban J connectivity index is 1.45. The summed E-state index contributed by atoms with van der Waals surface area (Å²) in [4.78, 5) is 16.6. The number of carbonyl (C=O) groups excluding carboxylic acids is 1. The van der Waals surface area contributed by atoms with E-state index in [1.54, 1.807) is 7.11 Å². The van der Waals surface area contributed by atoms with E-state index < -0.39 is 0 Å². The van der Waals surface area contributed by atoms with Crippen LogP contribution in [0.1, 0.15) is 26.2 Å². The molecule has 0 spiro atoms. The van der Waals surface area contributed by atoms with Gasteiger partial charge in [0.25, 0.3) is 0 Å². The van der Waals surface area contributed by atoms with Crippen molar-refractivity contribution in [1.29, 1.82) is 0 Å². The molecule has 1 aromatic carbocycles. The first-order valence-electron chi connectivity index (χ1n) is 9.07. The molecule has 3 rings (SSSR count). The van der Waals surface area contributed by atoms with Gasteiger partial charge >= 0.3 is 6.03 Å². The van der Waals surface area contributed by atoms with E-state index in [-0.39, 0.29) is 6.03 Å². The molecule has 5 heteroatoms. The Labute approximate surface area is 145 Å². The van der Waals surface area contributed by atoms with E-state index in [9.17, 15) is 4.79 Å². The zero-order chi connectivity index (χ0) is 16.9. The minimum atomic E-state index is 0.113. The fraction of sp³-hybridized carbons (Fsp3) is 0.632. The van der Waals surface area contributed by atoms with Gasteiger partial charge in [-0.15, -0.1) is 0 Å². The van der Waals surface area contributed by atoms with Crippen molar-refractivity contribution < 1.29 is 9.53 Å². The second-order valence-electron chi connectivity index (χ2n) is 7.16. The number of nitrogens with zero attached hydrogens (tertiary/aromatic N) is 2. The SMILES string of the molecule is COc1cccc(N2CC[C@@H](CNC(=O)N3CCC(C)CC3)C2)c1. The maximum absolute atomic E-state index is 12.3. The number of methoxy groups -OCH3 is 1. The number of amides is 2. The van der Waals surface area contributed by atoms with Crippen LogP contribution in [-0.4, -0.2) is 50.8 Å². The van der Waals surface area contributed by atoms with Gasteiger partial charge in [0.1, 0.15) is 5.75 Å². The third-order valence-corrected chi connectivity index (χ3v) is 5.32. The van der Waals surface area contributed by atoms with Gasteiger partial charge in [0.15, 0.2) is 0 Å². The third-order valence-electron chi connectivity index (χ3n) is 5.32. The van der Waals surface area contributed by atoms with Crippen LogP contribution in [0, 0.1) is 11.8 Å². The molecule has 2 heterocycles. The summed E-state index contributed by atoms with van der Waals surface area (Å²) in [6.07, 6.45) is 3.37. The molecule has 0 bridgehead atoms. The van der Waals surface area contributed by atoms with Gasteiger partial charge in [-0.2, -0.15) is 0 Å². The highest BCUT2D eigenvalue weighted by Crippen LogP contribution is 2.26. The van der Waals surface area contributed by atoms with Crippen molar-refractivity contribution >= 4 is 11.7 Å². The Kier molecular flexibility index (Phi) is 5.48. The van der Waals surface area contributed by atoms with Gasteiger partial charge in [0.05, 0.1) is 7.11 Å². The number of anilines is 1. The fourth-order valence-electron chi connectivity index (χ4n) is 3.60. The molecule has 0 radical (unpaired) electrons. The summed E-state index contributed by atoms with van der Waals surface area (Å²) < 4.78 is 5.31. The van der Waals surface area contributed by atoms with E-state index in [4.69, 9.17) is 4.74 Å². The average Bonchev–Trinajstić information content (AvgIpc) is 3.09. The number of piperidine rings is 1. The number of rotatable bonds is 4. The van der Waals surface area contributed by atoms with Crippen LogP contribution in [-0.2, 0) is 0 Å². The molecule has 0 saturated carbocycles. The number of benzene rings is 1. The summed E-state index contributed by atoms with van der Waals surface area (Å²) in [5.74, 6) is 2.16. The molecule has 132 valence electrons. The molecule has 24 heavy (non-hydrogen) atoms. The highest BCUT2D eigenvalue weighted by Gasteiger charge is 2.25. The molecule has 2 amide bonds. The minimum absolute atomic E-state index is 0.113. The van der Waals surface area contributed by atoms with Gasteiger partial charge < -0.3 is 19.9 Å². The molecule has 5 nitrogen and oxygen atoms in total. The van der Waals surface area contributed by atoms with Crippen molar-refractivity contribution in [3.05, 3.63) is 24.3 Å². The van der Waals surface area contributed by atoms with Gasteiger partial charge in [-0.1, -0.05) is 13.0 Å². The molecule has 0 unspecified atom stereocenters. The molecule has 1 atom stereocenters. The molecular formula is C19H29N3O2. The largest absolute Gasteiger partial charge is 0.497 e. The standard InChI is InChI=1S/C19H29N3O2/c1-15-6-9-21(10-7-15)19(23)20-13-16-8-11-22(14-16)17-4-3-5-18(12-17)24-2/h3-5,12,15-16H,6-11,13-14H2,1-2H3,(H,20,23)/t16-/m0/s1. The summed E-state index contributed by atoms with van der Waals surface area (Å²) in [7, 11) is 1.70. The summed E-state index contributed by atoms with van der Waals surface area (Å²) in [5, 5.41) is 3.14. The van der Waals surface area contributed by atoms with Crippen LogP contribution in [0.5, 0.6) is 5.75 Å². The zero-order valence-electron chi connectivity index (χ0n) is 14.8. The number of hydrogen-bond donors (Lipinski definition) is 1. The van der Waals surface area contributed by atoms with Crippen LogP contribution in [0.2, 0.25) is 0 Å². The zero-order valence-corrected chi connectivity index (χ0v) is 14.8. The van der Waals surface area contributed by atoms with E-state index in [0.717, 1.165) is 63.7 Å². The predicted molar refractivity (Wildman–Crippen MR) is 96.7 cm³/mol. The summed E-state index contributed by atoms with van der Waals surface area (Å²) >= 11 is 0. The Morgan fingerprint density at radius 3 is 2.79 bits per heavy atom. The highest BCUT2D eigenvalue weighted by molar-refractivity contribution is 5.74. The van der Waals surface area contributed by atoms with Gasteiger partial charge in [-0.25, -0.2) is 4.79 Å². The number of hydrogen-bond acceptors (Lipinski definition) is 3. The van der Waals surface area contributed by atoms with Gasteiger partial charge in [-0.05, 0) is 43.2 Å². The van der Waals surface area contributed by atoms with Crippen molar-refractivity contribution in [3.63, 3.8) is 0 Å². The van der Waals surface area contributed by atoms with E-state index >= 15 is 0 Å². The molecular weight excluding hydrogens is 302 g/mol. The van der Waals surface area contributed by atoms with Gasteiger partial charge in [0, 0.05) is 44.5 Å². The third kappa shape index (κ3) is 4.13. The first-order valence-corrected chi connectivity index (χ1v) is 9.07. The number of carbonyl (C=O) groups is 1. The Morgan fingerprint density at radius 2 is 2.04 bits per heavy atom. The number of urea groups is 1. The van der Waals surface area contributed by atoms with Crippen LogP contribution < -0.4 is 15.0 Å². The first-order chi connectivity index (χ1) is 11.7. The van der Waals surface area contributed by atoms with Gasteiger partial charge in [0.2, 0.25) is 0 Å². The van der Waals surface area contributed by atoms with E-state index in [0.29, 0.717) is 5.92 Å². The topological polar surface area (TPSA) is 44.8 Å². The Hall–Kier alpha value is -1.91. The smallest absolute Gasteiger partial charge is 0.317 e. The monoisotopic (exact) mass is 331 g/mol. The number of nitrogens with one attached hydrogen (secondary N) is 1. The van der Waals surface area contributed by atoms with Crippen LogP contribution in [0.15, 0.2) is 24.3 Å². The molecule has 1 N–H and O–H groups in total.